The van der Waals surface area contributed by atoms with E-state index in [-0.39, 0.29) is 11.9 Å². The molecule has 0 aliphatic carbocycles. The van der Waals surface area contributed by atoms with Crippen LogP contribution in [0.15, 0.2) is 30.6 Å². The average Bonchev–Trinajstić information content (AvgIpc) is 3.57. The lowest BCUT2D eigenvalue weighted by atomic mass is 10.0. The van der Waals surface area contributed by atoms with Crippen LogP contribution in [0.25, 0.3) is 11.5 Å². The summed E-state index contributed by atoms with van der Waals surface area (Å²) in [5, 5.41) is 8.31. The van der Waals surface area contributed by atoms with Gasteiger partial charge in [0.05, 0.1) is 17.8 Å². The molecule has 9 nitrogen and oxygen atoms in total. The van der Waals surface area contributed by atoms with Gasteiger partial charge in [0.15, 0.2) is 5.82 Å². The maximum absolute atomic E-state index is 13.6. The fraction of sp³-hybridized carbons (Fsp3) is 0.480. The van der Waals surface area contributed by atoms with Crippen molar-refractivity contribution < 1.29 is 4.79 Å². The van der Waals surface area contributed by atoms with E-state index in [0.717, 1.165) is 55.8 Å². The van der Waals surface area contributed by atoms with Gasteiger partial charge in [0.25, 0.3) is 5.91 Å². The van der Waals surface area contributed by atoms with Crippen molar-refractivity contribution in [1.29, 1.82) is 0 Å². The number of rotatable bonds is 7. The van der Waals surface area contributed by atoms with Gasteiger partial charge in [-0.2, -0.15) is 0 Å². The van der Waals surface area contributed by atoms with E-state index in [1.165, 1.54) is 0 Å². The molecule has 2 aliphatic heterocycles. The summed E-state index contributed by atoms with van der Waals surface area (Å²) in [5.41, 5.74) is 9.61. The fourth-order valence-electron chi connectivity index (χ4n) is 4.97. The van der Waals surface area contributed by atoms with Gasteiger partial charge in [-0.3, -0.25) is 9.69 Å². The summed E-state index contributed by atoms with van der Waals surface area (Å²) in [4.78, 5) is 27.4. The Bertz CT molecular complexity index is 1210. The number of hydrogen-bond acceptors (Lipinski definition) is 7. The highest BCUT2D eigenvalue weighted by atomic mass is 16.2. The van der Waals surface area contributed by atoms with Crippen LogP contribution in [0.5, 0.6) is 0 Å². The number of carbonyl (C=O) groups excluding carboxylic acids is 1. The molecule has 5 heterocycles. The zero-order valence-electron chi connectivity index (χ0n) is 20.1. The van der Waals surface area contributed by atoms with Crippen molar-refractivity contribution in [2.75, 3.05) is 16.3 Å². The number of aryl methyl sites for hydroxylation is 1. The molecule has 3 aromatic heterocycles. The smallest absolute Gasteiger partial charge is 0.260 e. The monoisotopic (exact) mass is 460 g/mol. The Morgan fingerprint density at radius 2 is 2.06 bits per heavy atom. The van der Waals surface area contributed by atoms with Crippen LogP contribution in [0.4, 0.5) is 11.6 Å². The molecule has 0 bridgehead atoms. The van der Waals surface area contributed by atoms with Crippen LogP contribution in [0.2, 0.25) is 0 Å². The van der Waals surface area contributed by atoms with Crippen LogP contribution in [0, 0.1) is 0 Å². The lowest BCUT2D eigenvalue weighted by Crippen LogP contribution is -2.28. The molecule has 2 atom stereocenters. The molecule has 3 aromatic rings. The van der Waals surface area contributed by atoms with Gasteiger partial charge in [0, 0.05) is 30.7 Å². The first-order valence-corrected chi connectivity index (χ1v) is 12.2. The molecule has 1 amide bonds. The first kappa shape index (κ1) is 22.5. The third kappa shape index (κ3) is 3.83. The topological polar surface area (TPSA) is 106 Å². The summed E-state index contributed by atoms with van der Waals surface area (Å²) in [6.07, 6.45) is 5.71. The lowest BCUT2D eigenvalue weighted by Gasteiger charge is -2.25. The summed E-state index contributed by atoms with van der Waals surface area (Å²) in [6, 6.07) is 7.82. The first-order chi connectivity index (χ1) is 16.5. The molecule has 2 N–H and O–H groups in total. The Kier molecular flexibility index (Phi) is 6.03. The van der Waals surface area contributed by atoms with Gasteiger partial charge >= 0.3 is 0 Å². The Hall–Kier alpha value is -3.33. The molecule has 9 heteroatoms. The van der Waals surface area contributed by atoms with Crippen molar-refractivity contribution in [2.45, 2.75) is 71.6 Å². The van der Waals surface area contributed by atoms with Gasteiger partial charge in [-0.25, -0.2) is 9.97 Å². The van der Waals surface area contributed by atoms with Gasteiger partial charge in [-0.15, -0.1) is 10.2 Å². The maximum atomic E-state index is 13.6. The number of carbonyl (C=O) groups is 1. The molecule has 0 aromatic carbocycles. The molecule has 0 radical (unpaired) electrons. The molecule has 1 fully saturated rings. The molecule has 178 valence electrons. The van der Waals surface area contributed by atoms with Crippen molar-refractivity contribution in [3.05, 3.63) is 47.4 Å². The predicted octanol–water partition coefficient (Wildman–Crippen LogP) is 3.70. The highest BCUT2D eigenvalue weighted by Crippen LogP contribution is 2.36. The van der Waals surface area contributed by atoms with Crippen LogP contribution in [0.1, 0.15) is 74.1 Å². The Morgan fingerprint density at radius 3 is 2.79 bits per heavy atom. The van der Waals surface area contributed by atoms with Gasteiger partial charge in [0.2, 0.25) is 0 Å². The Balaban J connectivity index is 1.52. The number of pyridine rings is 2. The van der Waals surface area contributed by atoms with E-state index in [4.69, 9.17) is 15.7 Å². The van der Waals surface area contributed by atoms with E-state index in [1.807, 2.05) is 28.8 Å². The molecule has 0 spiro atoms. The van der Waals surface area contributed by atoms with Gasteiger partial charge < -0.3 is 15.2 Å². The van der Waals surface area contributed by atoms with Crippen LogP contribution < -0.4 is 15.5 Å². The van der Waals surface area contributed by atoms with E-state index in [1.54, 1.807) is 11.2 Å². The molecule has 1 saturated heterocycles. The first-order valence-electron chi connectivity index (χ1n) is 12.2. The van der Waals surface area contributed by atoms with Crippen molar-refractivity contribution in [3.63, 3.8) is 0 Å². The highest BCUT2D eigenvalue weighted by molar-refractivity contribution is 6.10. The molecule has 0 unspecified atom stereocenters. The SMILES string of the molecule is CCCn1cnnc1-c1cccc(N2Cc3c(cc(N4CCC[C@H]4C)nc3[C@@H](N)CC)C2=O)n1. The minimum Gasteiger partial charge on any atom is -0.354 e. The van der Waals surface area contributed by atoms with Gasteiger partial charge in [-0.1, -0.05) is 19.9 Å². The number of anilines is 2. The molecular weight excluding hydrogens is 428 g/mol. The van der Waals surface area contributed by atoms with Crippen LogP contribution in [-0.2, 0) is 13.1 Å². The molecule has 5 rings (SSSR count). The van der Waals surface area contributed by atoms with Crippen LogP contribution >= 0.6 is 0 Å². The average molecular weight is 461 g/mol. The number of hydrogen-bond donors (Lipinski definition) is 1. The maximum Gasteiger partial charge on any atom is 0.260 e. The van der Waals surface area contributed by atoms with Gasteiger partial charge in [0.1, 0.15) is 23.7 Å². The normalized spacial score (nSPS) is 18.6. The van der Waals surface area contributed by atoms with Gasteiger partial charge in [-0.05, 0) is 50.8 Å². The second-order valence-electron chi connectivity index (χ2n) is 9.21. The standard InChI is InChI=1S/C25H32N8O/c1-4-11-31-15-27-30-24(31)20-9-6-10-21(28-20)33-14-18-17(25(33)34)13-22(29-23(18)19(26)5-2)32-12-7-8-16(32)3/h6,9-10,13,15-16,19H,4-5,7-8,11-12,14,26H2,1-3H3/t16-,19+/m1/s1. The quantitative estimate of drug-likeness (QED) is 0.573. The van der Waals surface area contributed by atoms with E-state index in [9.17, 15) is 4.79 Å². The Morgan fingerprint density at radius 1 is 1.21 bits per heavy atom. The summed E-state index contributed by atoms with van der Waals surface area (Å²) in [6.45, 7) is 8.55. The fourth-order valence-corrected chi connectivity index (χ4v) is 4.97. The number of nitrogens with zero attached hydrogens (tertiary/aromatic N) is 7. The number of amides is 1. The zero-order valence-corrected chi connectivity index (χ0v) is 20.1. The summed E-state index contributed by atoms with van der Waals surface area (Å²) < 4.78 is 1.98. The summed E-state index contributed by atoms with van der Waals surface area (Å²) >= 11 is 0. The minimum absolute atomic E-state index is 0.0604. The summed E-state index contributed by atoms with van der Waals surface area (Å²) in [7, 11) is 0. The largest absolute Gasteiger partial charge is 0.354 e. The van der Waals surface area contributed by atoms with Crippen molar-refractivity contribution in [2.24, 2.45) is 5.73 Å². The number of aromatic nitrogens is 5. The van der Waals surface area contributed by atoms with Crippen LogP contribution in [-0.4, -0.2) is 43.2 Å². The summed E-state index contributed by atoms with van der Waals surface area (Å²) in [5.74, 6) is 2.09. The van der Waals surface area contributed by atoms with Crippen LogP contribution in [0.3, 0.4) is 0 Å². The minimum atomic E-state index is -0.216. The highest BCUT2D eigenvalue weighted by Gasteiger charge is 2.35. The lowest BCUT2D eigenvalue weighted by molar-refractivity contribution is 0.0996. The number of fused-ring (bicyclic) bond motifs is 1. The van der Waals surface area contributed by atoms with Crippen molar-refractivity contribution in [1.82, 2.24) is 24.7 Å². The third-order valence-corrected chi connectivity index (χ3v) is 6.89. The molecular formula is C25H32N8O. The van der Waals surface area contributed by atoms with E-state index >= 15 is 0 Å². The van der Waals surface area contributed by atoms with E-state index in [2.05, 4.69) is 35.9 Å². The predicted molar refractivity (Wildman–Crippen MR) is 132 cm³/mol. The molecule has 34 heavy (non-hydrogen) atoms. The zero-order chi connectivity index (χ0) is 23.8. The second-order valence-corrected chi connectivity index (χ2v) is 9.21. The third-order valence-electron chi connectivity index (χ3n) is 6.89. The van der Waals surface area contributed by atoms with Crippen molar-refractivity contribution >= 4 is 17.5 Å². The number of nitrogens with two attached hydrogens (primary N) is 1. The second kappa shape index (κ2) is 9.13. The molecule has 2 aliphatic rings. The van der Waals surface area contributed by atoms with Crippen molar-refractivity contribution in [3.8, 4) is 11.5 Å². The van der Waals surface area contributed by atoms with E-state index < -0.39 is 0 Å². The Labute approximate surface area is 200 Å². The molecule has 0 saturated carbocycles. The van der Waals surface area contributed by atoms with E-state index in [0.29, 0.717) is 35.5 Å².